The predicted molar refractivity (Wildman–Crippen MR) is 126 cm³/mol. The van der Waals surface area contributed by atoms with Crippen LogP contribution in [-0.2, 0) is 0 Å². The first kappa shape index (κ1) is 20.4. The number of hydrogen-bond acceptors (Lipinski definition) is 9. The van der Waals surface area contributed by atoms with Gasteiger partial charge in [0.1, 0.15) is 16.3 Å². The van der Waals surface area contributed by atoms with Gasteiger partial charge >= 0.3 is 0 Å². The van der Waals surface area contributed by atoms with Gasteiger partial charge in [0.25, 0.3) is 0 Å². The van der Waals surface area contributed by atoms with Crippen molar-refractivity contribution < 1.29 is 4.74 Å². The van der Waals surface area contributed by atoms with Gasteiger partial charge in [-0.05, 0) is 38.8 Å². The van der Waals surface area contributed by atoms with Crippen molar-refractivity contribution in [2.75, 3.05) is 43.4 Å². The average molecular weight is 440 g/mol. The Bertz CT molecular complexity index is 1030. The fraction of sp³-hybridized carbons (Fsp3) is 0.500. The molecule has 3 heterocycles. The number of piperazine rings is 1. The standard InChI is InChI=1S/C22H29N7OS/c1-28-9-11-29(12-10-28)22-25-14-19(31-22)26-21-24-13-15-3-2-4-18(20(15)27-21)30-17-7-5-16(23)6-8-17/h2-4,13-14,16-17H,5-12,23H2,1H3,(H,24,26,27). The number of anilines is 3. The number of hydrogen-bond donors (Lipinski definition) is 2. The number of nitrogens with zero attached hydrogens (tertiary/aromatic N) is 5. The molecule has 1 aliphatic heterocycles. The first-order valence-electron chi connectivity index (χ1n) is 11.0. The van der Waals surface area contributed by atoms with Crippen molar-refractivity contribution >= 4 is 38.3 Å². The van der Waals surface area contributed by atoms with Gasteiger partial charge in [-0.1, -0.05) is 23.5 Å². The lowest BCUT2D eigenvalue weighted by atomic mass is 9.94. The molecule has 0 bridgehead atoms. The predicted octanol–water partition coefficient (Wildman–Crippen LogP) is 3.23. The summed E-state index contributed by atoms with van der Waals surface area (Å²) in [6.07, 6.45) is 7.91. The van der Waals surface area contributed by atoms with E-state index in [0.29, 0.717) is 12.0 Å². The summed E-state index contributed by atoms with van der Waals surface area (Å²) in [5, 5.41) is 6.27. The highest BCUT2D eigenvalue weighted by atomic mass is 32.1. The molecule has 0 spiro atoms. The normalized spacial score (nSPS) is 22.6. The molecule has 0 radical (unpaired) electrons. The number of benzene rings is 1. The number of aromatic nitrogens is 3. The van der Waals surface area contributed by atoms with Gasteiger partial charge in [0.05, 0.1) is 12.3 Å². The van der Waals surface area contributed by atoms with Crippen molar-refractivity contribution in [3.8, 4) is 5.75 Å². The molecule has 1 aromatic carbocycles. The topological polar surface area (TPSA) is 92.4 Å². The maximum Gasteiger partial charge on any atom is 0.228 e. The third-order valence-corrected chi connectivity index (χ3v) is 7.06. The number of nitrogens with two attached hydrogens (primary N) is 1. The van der Waals surface area contributed by atoms with Crippen LogP contribution in [0.15, 0.2) is 30.6 Å². The summed E-state index contributed by atoms with van der Waals surface area (Å²) in [4.78, 5) is 18.5. The molecule has 31 heavy (non-hydrogen) atoms. The number of para-hydroxylation sites is 1. The lowest BCUT2D eigenvalue weighted by molar-refractivity contribution is 0.149. The molecule has 1 aliphatic carbocycles. The van der Waals surface area contributed by atoms with E-state index in [0.717, 1.165) is 78.6 Å². The first-order valence-corrected chi connectivity index (χ1v) is 11.8. The van der Waals surface area contributed by atoms with E-state index in [9.17, 15) is 0 Å². The van der Waals surface area contributed by atoms with Crippen molar-refractivity contribution in [2.45, 2.75) is 37.8 Å². The highest BCUT2D eigenvalue weighted by Gasteiger charge is 2.21. The Morgan fingerprint density at radius 1 is 1.06 bits per heavy atom. The molecular weight excluding hydrogens is 410 g/mol. The molecule has 0 atom stereocenters. The van der Waals surface area contributed by atoms with Gasteiger partial charge in [-0.25, -0.2) is 15.0 Å². The molecule has 1 saturated heterocycles. The van der Waals surface area contributed by atoms with Crippen molar-refractivity contribution in [3.63, 3.8) is 0 Å². The highest BCUT2D eigenvalue weighted by molar-refractivity contribution is 7.19. The summed E-state index contributed by atoms with van der Waals surface area (Å²) in [6.45, 7) is 4.13. The fourth-order valence-electron chi connectivity index (χ4n) is 4.15. The van der Waals surface area contributed by atoms with Crippen LogP contribution in [0.2, 0.25) is 0 Å². The minimum atomic E-state index is 0.199. The van der Waals surface area contributed by atoms with Crippen LogP contribution in [0.5, 0.6) is 5.75 Å². The summed E-state index contributed by atoms with van der Waals surface area (Å²) < 4.78 is 6.32. The molecule has 0 amide bonds. The Labute approximate surface area is 186 Å². The first-order chi connectivity index (χ1) is 15.1. The average Bonchev–Trinajstić information content (AvgIpc) is 3.25. The Balaban J connectivity index is 1.31. The van der Waals surface area contributed by atoms with Crippen LogP contribution >= 0.6 is 11.3 Å². The van der Waals surface area contributed by atoms with Gasteiger partial charge in [0.15, 0.2) is 5.13 Å². The van der Waals surface area contributed by atoms with Gasteiger partial charge in [0.2, 0.25) is 5.95 Å². The SMILES string of the molecule is CN1CCN(c2ncc(Nc3ncc4cccc(OC5CCC(N)CC5)c4n3)s2)CC1. The molecule has 164 valence electrons. The summed E-state index contributed by atoms with van der Waals surface area (Å²) in [7, 11) is 2.16. The zero-order valence-corrected chi connectivity index (χ0v) is 18.6. The summed E-state index contributed by atoms with van der Waals surface area (Å²) in [5.41, 5.74) is 6.87. The van der Waals surface area contributed by atoms with E-state index in [1.54, 1.807) is 11.3 Å². The van der Waals surface area contributed by atoms with E-state index in [-0.39, 0.29) is 6.10 Å². The van der Waals surface area contributed by atoms with Crippen LogP contribution < -0.4 is 20.7 Å². The molecule has 1 saturated carbocycles. The summed E-state index contributed by atoms with van der Waals surface area (Å²) >= 11 is 1.64. The third kappa shape index (κ3) is 4.73. The van der Waals surface area contributed by atoms with E-state index in [1.165, 1.54) is 0 Å². The molecule has 9 heteroatoms. The summed E-state index contributed by atoms with van der Waals surface area (Å²) in [5.74, 6) is 1.37. The smallest absolute Gasteiger partial charge is 0.228 e. The molecule has 8 nitrogen and oxygen atoms in total. The van der Waals surface area contributed by atoms with Crippen molar-refractivity contribution in [3.05, 3.63) is 30.6 Å². The second kappa shape index (κ2) is 8.94. The van der Waals surface area contributed by atoms with Crippen LogP contribution in [0.25, 0.3) is 10.9 Å². The minimum absolute atomic E-state index is 0.199. The zero-order chi connectivity index (χ0) is 21.2. The van der Waals surface area contributed by atoms with Crippen molar-refractivity contribution in [2.24, 2.45) is 5.73 Å². The summed E-state index contributed by atoms with van der Waals surface area (Å²) in [6, 6.07) is 6.31. The number of rotatable bonds is 5. The van der Waals surface area contributed by atoms with Gasteiger partial charge in [-0.15, -0.1) is 0 Å². The number of nitrogens with one attached hydrogen (secondary N) is 1. The minimum Gasteiger partial charge on any atom is -0.488 e. The van der Waals surface area contributed by atoms with Crippen LogP contribution in [0, 0.1) is 0 Å². The molecule has 2 fully saturated rings. The van der Waals surface area contributed by atoms with Gasteiger partial charge < -0.3 is 25.6 Å². The van der Waals surface area contributed by atoms with E-state index in [4.69, 9.17) is 15.5 Å². The maximum absolute atomic E-state index is 6.32. The van der Waals surface area contributed by atoms with Crippen LogP contribution in [0.4, 0.5) is 16.1 Å². The number of ether oxygens (including phenoxy) is 1. The monoisotopic (exact) mass is 439 g/mol. The third-order valence-electron chi connectivity index (χ3n) is 6.09. The molecule has 3 N–H and O–H groups in total. The zero-order valence-electron chi connectivity index (χ0n) is 17.8. The molecule has 2 aromatic heterocycles. The van der Waals surface area contributed by atoms with Crippen LogP contribution in [0.3, 0.4) is 0 Å². The van der Waals surface area contributed by atoms with Gasteiger partial charge in [0, 0.05) is 43.8 Å². The number of fused-ring (bicyclic) bond motifs is 1. The second-order valence-corrected chi connectivity index (χ2v) is 9.47. The largest absolute Gasteiger partial charge is 0.488 e. The molecule has 3 aromatic rings. The molecular formula is C22H29N7OS. The molecule has 2 aliphatic rings. The number of thiazole rings is 1. The van der Waals surface area contributed by atoms with E-state index < -0.39 is 0 Å². The Kier molecular flexibility index (Phi) is 5.89. The Morgan fingerprint density at radius 3 is 2.68 bits per heavy atom. The molecule has 0 unspecified atom stereocenters. The van der Waals surface area contributed by atoms with E-state index in [2.05, 4.69) is 32.1 Å². The second-order valence-electron chi connectivity index (χ2n) is 8.46. The lowest BCUT2D eigenvalue weighted by Crippen LogP contribution is -2.44. The molecule has 5 rings (SSSR count). The van der Waals surface area contributed by atoms with Crippen molar-refractivity contribution in [1.29, 1.82) is 0 Å². The fourth-order valence-corrected chi connectivity index (χ4v) is 5.01. The van der Waals surface area contributed by atoms with Crippen molar-refractivity contribution in [1.82, 2.24) is 19.9 Å². The highest BCUT2D eigenvalue weighted by Crippen LogP contribution is 2.31. The van der Waals surface area contributed by atoms with Crippen LogP contribution in [-0.4, -0.2) is 65.2 Å². The van der Waals surface area contributed by atoms with Crippen LogP contribution in [0.1, 0.15) is 25.7 Å². The van der Waals surface area contributed by atoms with E-state index >= 15 is 0 Å². The lowest BCUT2D eigenvalue weighted by Gasteiger charge is -2.31. The Hall–Kier alpha value is -2.49. The van der Waals surface area contributed by atoms with E-state index in [1.807, 2.05) is 30.6 Å². The maximum atomic E-state index is 6.32. The number of likely N-dealkylation sites (N-methyl/N-ethyl adjacent to an activating group) is 1. The quantitative estimate of drug-likeness (QED) is 0.626. The van der Waals surface area contributed by atoms with Gasteiger partial charge in [-0.2, -0.15) is 0 Å². The Morgan fingerprint density at radius 2 is 1.87 bits per heavy atom. The van der Waals surface area contributed by atoms with Gasteiger partial charge in [-0.3, -0.25) is 0 Å².